The van der Waals surface area contributed by atoms with Gasteiger partial charge in [0.25, 0.3) is 0 Å². The molecule has 0 aromatic rings. The van der Waals surface area contributed by atoms with Gasteiger partial charge < -0.3 is 10.8 Å². The molecule has 0 saturated carbocycles. The van der Waals surface area contributed by atoms with E-state index in [1.54, 1.807) is 0 Å². The van der Waals surface area contributed by atoms with Gasteiger partial charge in [-0.1, -0.05) is 12.0 Å². The van der Waals surface area contributed by atoms with Gasteiger partial charge in [-0.05, 0) is 5.53 Å². The normalized spacial score (nSPS) is 15.0. The molecule has 6 heteroatoms. The van der Waals surface area contributed by atoms with Crippen LogP contribution in [0, 0.1) is 0 Å². The predicted octanol–water partition coefficient (Wildman–Crippen LogP) is 0.0971. The molecule has 0 aromatic carbocycles. The van der Waals surface area contributed by atoms with Crippen molar-refractivity contribution in [3.05, 3.63) is 10.4 Å². The summed E-state index contributed by atoms with van der Waals surface area (Å²) in [7, 11) is 0. The molecule has 2 atom stereocenters. The van der Waals surface area contributed by atoms with Crippen LogP contribution in [0.25, 0.3) is 10.4 Å². The molecule has 0 heterocycles. The zero-order valence-electron chi connectivity index (χ0n) is 5.43. The summed E-state index contributed by atoms with van der Waals surface area (Å²) in [6.45, 7) is 1.44. The summed E-state index contributed by atoms with van der Waals surface area (Å²) in [4.78, 5) is 12.5. The van der Waals surface area contributed by atoms with E-state index < -0.39 is 18.1 Å². The van der Waals surface area contributed by atoms with Gasteiger partial charge in [0.15, 0.2) is 0 Å². The van der Waals surface area contributed by atoms with Crippen LogP contribution in [0.15, 0.2) is 5.11 Å². The zero-order chi connectivity index (χ0) is 8.15. The molecule has 0 aromatic heterocycles. The number of aliphatic carboxylic acids is 1. The van der Waals surface area contributed by atoms with Gasteiger partial charge in [-0.3, -0.25) is 4.79 Å². The molecular formula is C4H8N4O2. The van der Waals surface area contributed by atoms with E-state index in [1.807, 2.05) is 0 Å². The van der Waals surface area contributed by atoms with Gasteiger partial charge in [-0.25, -0.2) is 0 Å². The second-order valence-corrected chi connectivity index (χ2v) is 1.81. The van der Waals surface area contributed by atoms with E-state index in [9.17, 15) is 4.79 Å². The highest BCUT2D eigenvalue weighted by Crippen LogP contribution is 1.94. The van der Waals surface area contributed by atoms with Gasteiger partial charge in [-0.2, -0.15) is 0 Å². The van der Waals surface area contributed by atoms with Crippen molar-refractivity contribution in [2.45, 2.75) is 19.0 Å². The highest BCUT2D eigenvalue weighted by Gasteiger charge is 2.17. The van der Waals surface area contributed by atoms with Crippen LogP contribution in [0.3, 0.4) is 0 Å². The minimum absolute atomic E-state index is 0.706. The molecule has 0 spiro atoms. The Morgan fingerprint density at radius 1 is 1.90 bits per heavy atom. The van der Waals surface area contributed by atoms with Gasteiger partial charge in [-0.15, -0.1) is 0 Å². The zero-order valence-corrected chi connectivity index (χ0v) is 5.43. The van der Waals surface area contributed by atoms with Crippen LogP contribution in [0.1, 0.15) is 6.92 Å². The van der Waals surface area contributed by atoms with E-state index in [4.69, 9.17) is 16.4 Å². The van der Waals surface area contributed by atoms with E-state index in [1.165, 1.54) is 6.92 Å². The van der Waals surface area contributed by atoms with Crippen molar-refractivity contribution >= 4 is 5.97 Å². The maximum atomic E-state index is 10.1. The number of carboxylic acid groups (broad SMARTS) is 1. The maximum Gasteiger partial charge on any atom is 0.320 e. The molecule has 0 aliphatic carbocycles. The first-order valence-corrected chi connectivity index (χ1v) is 2.62. The van der Waals surface area contributed by atoms with E-state index in [-0.39, 0.29) is 0 Å². The summed E-state index contributed by atoms with van der Waals surface area (Å²) in [6, 6.07) is -1.82. The molecule has 0 rings (SSSR count). The third-order valence-corrected chi connectivity index (χ3v) is 1.04. The average molecular weight is 144 g/mol. The van der Waals surface area contributed by atoms with Gasteiger partial charge in [0.05, 0.1) is 6.04 Å². The topological polar surface area (TPSA) is 112 Å². The lowest BCUT2D eigenvalue weighted by atomic mass is 10.2. The standard InChI is InChI=1S/C4H8N4O2/c1-2(7-8-6)3(5)4(9)10/h2-3H,5H2,1H3,(H,9,10)/t2-,3-/m1/s1. The smallest absolute Gasteiger partial charge is 0.320 e. The first-order chi connectivity index (χ1) is 4.59. The van der Waals surface area contributed by atoms with Crippen LogP contribution in [-0.2, 0) is 4.79 Å². The summed E-state index contributed by atoms with van der Waals surface area (Å²) in [5.74, 6) is -1.17. The number of nitrogens with two attached hydrogens (primary N) is 1. The van der Waals surface area contributed by atoms with E-state index in [2.05, 4.69) is 10.0 Å². The summed E-state index contributed by atoms with van der Waals surface area (Å²) >= 11 is 0. The lowest BCUT2D eigenvalue weighted by molar-refractivity contribution is -0.138. The quantitative estimate of drug-likeness (QED) is 0.332. The molecule has 0 bridgehead atoms. The van der Waals surface area contributed by atoms with Crippen molar-refractivity contribution in [1.29, 1.82) is 0 Å². The van der Waals surface area contributed by atoms with Crippen LogP contribution >= 0.6 is 0 Å². The molecule has 0 aliphatic rings. The first kappa shape index (κ1) is 8.74. The molecule has 56 valence electrons. The monoisotopic (exact) mass is 144 g/mol. The summed E-state index contributed by atoms with van der Waals surface area (Å²) in [5, 5.41) is 11.4. The van der Waals surface area contributed by atoms with Gasteiger partial charge in [0, 0.05) is 4.91 Å². The maximum absolute atomic E-state index is 10.1. The lowest BCUT2D eigenvalue weighted by Gasteiger charge is -2.07. The Kier molecular flexibility index (Phi) is 3.24. The first-order valence-electron chi connectivity index (χ1n) is 2.62. The Hall–Kier alpha value is -1.26. The largest absolute Gasteiger partial charge is 0.480 e. The van der Waals surface area contributed by atoms with E-state index >= 15 is 0 Å². The number of carboxylic acids is 1. The van der Waals surface area contributed by atoms with Crippen LogP contribution in [-0.4, -0.2) is 23.2 Å². The number of hydrogen-bond donors (Lipinski definition) is 2. The molecule has 0 radical (unpaired) electrons. The fourth-order valence-electron chi connectivity index (χ4n) is 0.360. The van der Waals surface area contributed by atoms with Gasteiger partial charge in [0.2, 0.25) is 0 Å². The van der Waals surface area contributed by atoms with Crippen molar-refractivity contribution in [1.82, 2.24) is 0 Å². The summed E-state index contributed by atoms with van der Waals surface area (Å²) in [6.07, 6.45) is 0. The predicted molar refractivity (Wildman–Crippen MR) is 34.2 cm³/mol. The molecule has 10 heavy (non-hydrogen) atoms. The highest BCUT2D eigenvalue weighted by molar-refractivity contribution is 5.74. The van der Waals surface area contributed by atoms with Crippen LogP contribution in [0.5, 0.6) is 0 Å². The fourth-order valence-corrected chi connectivity index (χ4v) is 0.360. The molecule has 0 fully saturated rings. The van der Waals surface area contributed by atoms with E-state index in [0.717, 1.165) is 0 Å². The SMILES string of the molecule is C[C@@H](N=[N+]=[N-])[C@@H](N)C(=O)O. The van der Waals surface area contributed by atoms with Gasteiger partial charge in [0.1, 0.15) is 6.04 Å². The Bertz CT molecular complexity index is 168. The Morgan fingerprint density at radius 2 is 2.40 bits per heavy atom. The van der Waals surface area contributed by atoms with Crippen LogP contribution < -0.4 is 5.73 Å². The molecule has 6 nitrogen and oxygen atoms in total. The molecule has 0 amide bonds. The number of rotatable bonds is 3. The summed E-state index contributed by atoms with van der Waals surface area (Å²) < 4.78 is 0. The number of carbonyl (C=O) groups is 1. The van der Waals surface area contributed by atoms with Crippen molar-refractivity contribution in [2.75, 3.05) is 0 Å². The van der Waals surface area contributed by atoms with Crippen LogP contribution in [0.2, 0.25) is 0 Å². The Balaban J connectivity index is 4.06. The molecule has 0 unspecified atom stereocenters. The highest BCUT2D eigenvalue weighted by atomic mass is 16.4. The second-order valence-electron chi connectivity index (χ2n) is 1.81. The van der Waals surface area contributed by atoms with E-state index in [0.29, 0.717) is 0 Å². The number of azide groups is 1. The molecule has 0 aliphatic heterocycles. The van der Waals surface area contributed by atoms with Crippen molar-refractivity contribution in [3.8, 4) is 0 Å². The number of hydrogen-bond acceptors (Lipinski definition) is 3. The minimum Gasteiger partial charge on any atom is -0.480 e. The van der Waals surface area contributed by atoms with Gasteiger partial charge >= 0.3 is 5.97 Å². The second kappa shape index (κ2) is 3.71. The van der Waals surface area contributed by atoms with Crippen molar-refractivity contribution in [2.24, 2.45) is 10.8 Å². The van der Waals surface area contributed by atoms with Crippen molar-refractivity contribution in [3.63, 3.8) is 0 Å². The van der Waals surface area contributed by atoms with Crippen LogP contribution in [0.4, 0.5) is 0 Å². The minimum atomic E-state index is -1.17. The Labute approximate surface area is 57.3 Å². The average Bonchev–Trinajstić information content (AvgIpc) is 1.87. The molecule has 0 saturated heterocycles. The third kappa shape index (κ3) is 2.34. The summed E-state index contributed by atoms with van der Waals surface area (Å²) in [5.41, 5.74) is 13.0. The molecular weight excluding hydrogens is 136 g/mol. The lowest BCUT2D eigenvalue weighted by Crippen LogP contribution is -2.38. The fraction of sp³-hybridized carbons (Fsp3) is 0.750. The molecule has 3 N–H and O–H groups in total. The third-order valence-electron chi connectivity index (χ3n) is 1.04. The van der Waals surface area contributed by atoms with Crippen molar-refractivity contribution < 1.29 is 9.90 Å². The Morgan fingerprint density at radius 3 is 2.70 bits per heavy atom. The number of nitrogens with zero attached hydrogens (tertiary/aromatic N) is 3.